The summed E-state index contributed by atoms with van der Waals surface area (Å²) in [4.78, 5) is 19.8. The number of carboxylic acid groups (broad SMARTS) is 1. The number of carbonyl (C=O) groups excluding carboxylic acids is 1. The maximum atomic E-state index is 9.97. The summed E-state index contributed by atoms with van der Waals surface area (Å²) >= 11 is 0. The Balaban J connectivity index is 3.86. The Morgan fingerprint density at radius 1 is 1.67 bits per heavy atom. The molecule has 0 aliphatic carbocycles. The van der Waals surface area contributed by atoms with E-state index in [2.05, 4.69) is 4.74 Å². The summed E-state index contributed by atoms with van der Waals surface area (Å²) in [6.07, 6.45) is -1.01. The lowest BCUT2D eigenvalue weighted by Gasteiger charge is -2.13. The van der Waals surface area contributed by atoms with Crippen molar-refractivity contribution in [2.75, 3.05) is 0 Å². The smallest absolute Gasteiger partial charge is 0.450 e. The van der Waals surface area contributed by atoms with Crippen molar-refractivity contribution >= 4 is 12.4 Å². The third-order valence-electron chi connectivity index (χ3n) is 0.634. The molecule has 0 heterocycles. The molecular weight excluding hydrogens is 124 g/mol. The van der Waals surface area contributed by atoms with E-state index in [1.807, 2.05) is 0 Å². The summed E-state index contributed by atoms with van der Waals surface area (Å²) in [5, 5.41) is 8.00. The van der Waals surface area contributed by atoms with Gasteiger partial charge in [-0.3, -0.25) is 4.79 Å². The first-order valence-electron chi connectivity index (χ1n) is 2.36. The highest BCUT2D eigenvalue weighted by atomic mass is 16.7. The molecule has 0 spiro atoms. The van der Waals surface area contributed by atoms with Crippen LogP contribution in [0, 0.1) is 0 Å². The molecule has 0 radical (unpaired) electrons. The highest BCUT2D eigenvalue weighted by Gasteiger charge is 2.20. The van der Waals surface area contributed by atoms with E-state index >= 15 is 0 Å². The second kappa shape index (κ2) is 2.48. The number of aldehydes is 1. The minimum absolute atomic E-state index is 0.432. The molecule has 0 rings (SSSR count). The molecule has 0 unspecified atom stereocenters. The molecule has 0 aliphatic heterocycles. The molecule has 0 aromatic carbocycles. The van der Waals surface area contributed by atoms with Crippen molar-refractivity contribution in [1.29, 1.82) is 0 Å². The summed E-state index contributed by atoms with van der Waals surface area (Å²) in [5.74, 6) is 0. The van der Waals surface area contributed by atoms with Crippen molar-refractivity contribution < 1.29 is 19.4 Å². The van der Waals surface area contributed by atoms with E-state index in [9.17, 15) is 9.59 Å². The zero-order valence-electron chi connectivity index (χ0n) is 5.25. The van der Waals surface area contributed by atoms with Crippen molar-refractivity contribution in [3.05, 3.63) is 0 Å². The predicted octanol–water partition coefficient (Wildman–Crippen LogP) is 0.659. The minimum atomic E-state index is -1.44. The molecule has 0 amide bonds. The summed E-state index contributed by atoms with van der Waals surface area (Å²) < 4.78 is 4.14. The topological polar surface area (TPSA) is 63.6 Å². The Bertz CT molecular complexity index is 127. The van der Waals surface area contributed by atoms with Gasteiger partial charge in [0.1, 0.15) is 0 Å². The van der Waals surface area contributed by atoms with Crippen molar-refractivity contribution in [3.8, 4) is 0 Å². The van der Waals surface area contributed by atoms with Gasteiger partial charge in [-0.05, 0) is 13.8 Å². The second-order valence-corrected chi connectivity index (χ2v) is 2.09. The Morgan fingerprint density at radius 2 is 2.11 bits per heavy atom. The van der Waals surface area contributed by atoms with Gasteiger partial charge in [0, 0.05) is 0 Å². The Kier molecular flexibility index (Phi) is 2.19. The van der Waals surface area contributed by atoms with Crippen molar-refractivity contribution in [3.63, 3.8) is 0 Å². The highest BCUT2D eigenvalue weighted by molar-refractivity contribution is 5.67. The van der Waals surface area contributed by atoms with Crippen molar-refractivity contribution in [2.45, 2.75) is 19.4 Å². The summed E-state index contributed by atoms with van der Waals surface area (Å²) in [7, 11) is 0. The van der Waals surface area contributed by atoms with Gasteiger partial charge in [-0.25, -0.2) is 4.79 Å². The van der Waals surface area contributed by atoms with Gasteiger partial charge >= 0.3 is 6.16 Å². The van der Waals surface area contributed by atoms with Gasteiger partial charge in [-0.2, -0.15) is 0 Å². The van der Waals surface area contributed by atoms with Crippen LogP contribution in [0.3, 0.4) is 0 Å². The van der Waals surface area contributed by atoms with Crippen LogP contribution in [0.4, 0.5) is 4.79 Å². The minimum Gasteiger partial charge on any atom is -0.450 e. The lowest BCUT2D eigenvalue weighted by atomic mass is 10.2. The van der Waals surface area contributed by atoms with Gasteiger partial charge in [0.05, 0.1) is 0 Å². The van der Waals surface area contributed by atoms with Gasteiger partial charge in [0.25, 0.3) is 0 Å². The van der Waals surface area contributed by atoms with E-state index in [1.165, 1.54) is 13.8 Å². The molecule has 0 aromatic rings. The molecule has 0 aromatic heterocycles. The van der Waals surface area contributed by atoms with E-state index < -0.39 is 11.8 Å². The summed E-state index contributed by atoms with van der Waals surface area (Å²) in [6.45, 7) is 2.74. The molecule has 0 saturated carbocycles. The van der Waals surface area contributed by atoms with Crippen molar-refractivity contribution in [1.82, 2.24) is 0 Å². The molecule has 1 N–H and O–H groups in total. The molecule has 0 aliphatic rings. The Labute approximate surface area is 52.4 Å². The summed E-state index contributed by atoms with van der Waals surface area (Å²) in [6, 6.07) is 0. The maximum absolute atomic E-state index is 9.97. The number of rotatable bonds is 2. The molecule has 4 heteroatoms. The highest BCUT2D eigenvalue weighted by Crippen LogP contribution is 2.03. The van der Waals surface area contributed by atoms with Gasteiger partial charge in [-0.1, -0.05) is 0 Å². The van der Waals surface area contributed by atoms with Crippen LogP contribution in [0.15, 0.2) is 0 Å². The van der Waals surface area contributed by atoms with E-state index in [0.29, 0.717) is 6.29 Å². The average molecular weight is 132 g/mol. The fourth-order valence-corrected chi connectivity index (χ4v) is 0.249. The third-order valence-corrected chi connectivity index (χ3v) is 0.634. The second-order valence-electron chi connectivity index (χ2n) is 2.09. The van der Waals surface area contributed by atoms with Crippen LogP contribution >= 0.6 is 0 Å². The van der Waals surface area contributed by atoms with Crippen LogP contribution < -0.4 is 0 Å². The molecule has 4 nitrogen and oxygen atoms in total. The largest absolute Gasteiger partial charge is 0.506 e. The SMILES string of the molecule is CC(C)(C=O)OC(=O)O. The molecule has 52 valence electrons. The fraction of sp³-hybridized carbons (Fsp3) is 0.600. The third kappa shape index (κ3) is 3.52. The van der Waals surface area contributed by atoms with Gasteiger partial charge in [0.2, 0.25) is 0 Å². The van der Waals surface area contributed by atoms with Crippen LogP contribution in [-0.4, -0.2) is 23.1 Å². The standard InChI is InChI=1S/C5H8O4/c1-5(2,3-6)9-4(7)8/h3H,1-2H3,(H,7,8). The van der Waals surface area contributed by atoms with Gasteiger partial charge in [0.15, 0.2) is 11.9 Å². The first-order valence-corrected chi connectivity index (χ1v) is 2.36. The van der Waals surface area contributed by atoms with Crippen LogP contribution in [0.1, 0.15) is 13.8 Å². The quantitative estimate of drug-likeness (QED) is 0.442. The van der Waals surface area contributed by atoms with E-state index in [4.69, 9.17) is 5.11 Å². The number of hydrogen-bond donors (Lipinski definition) is 1. The monoisotopic (exact) mass is 132 g/mol. The first-order chi connectivity index (χ1) is 3.98. The predicted molar refractivity (Wildman–Crippen MR) is 29.3 cm³/mol. The maximum Gasteiger partial charge on any atom is 0.506 e. The zero-order valence-corrected chi connectivity index (χ0v) is 5.25. The van der Waals surface area contributed by atoms with Crippen LogP contribution in [-0.2, 0) is 9.53 Å². The Hall–Kier alpha value is -1.06. The van der Waals surface area contributed by atoms with Crippen molar-refractivity contribution in [2.24, 2.45) is 0 Å². The lowest BCUT2D eigenvalue weighted by Crippen LogP contribution is -2.28. The average Bonchev–Trinajstić information content (AvgIpc) is 1.63. The zero-order chi connectivity index (χ0) is 7.49. The summed E-state index contributed by atoms with van der Waals surface area (Å²) in [5.41, 5.74) is -1.22. The van der Waals surface area contributed by atoms with E-state index in [-0.39, 0.29) is 0 Å². The molecule has 0 fully saturated rings. The number of hydrogen-bond acceptors (Lipinski definition) is 3. The molecule has 9 heavy (non-hydrogen) atoms. The van der Waals surface area contributed by atoms with Gasteiger partial charge < -0.3 is 9.84 Å². The van der Waals surface area contributed by atoms with Gasteiger partial charge in [-0.15, -0.1) is 0 Å². The Morgan fingerprint density at radius 3 is 2.22 bits per heavy atom. The van der Waals surface area contributed by atoms with E-state index in [1.54, 1.807) is 0 Å². The lowest BCUT2D eigenvalue weighted by molar-refractivity contribution is -0.123. The molecule has 0 atom stereocenters. The normalized spacial score (nSPS) is 10.4. The van der Waals surface area contributed by atoms with E-state index in [0.717, 1.165) is 0 Å². The van der Waals surface area contributed by atoms with Crippen LogP contribution in [0.2, 0.25) is 0 Å². The fourth-order valence-electron chi connectivity index (χ4n) is 0.249. The first kappa shape index (κ1) is 7.94. The number of carbonyl (C=O) groups is 2. The molecule has 0 saturated heterocycles. The molecule has 0 bridgehead atoms. The number of ether oxygens (including phenoxy) is 1. The van der Waals surface area contributed by atoms with Crippen LogP contribution in [0.25, 0.3) is 0 Å². The molecular formula is C5H8O4. The van der Waals surface area contributed by atoms with Crippen LogP contribution in [0.5, 0.6) is 0 Å².